The van der Waals surface area contributed by atoms with Crippen molar-refractivity contribution >= 4 is 34.5 Å². The second-order valence-electron chi connectivity index (χ2n) is 7.32. The summed E-state index contributed by atoms with van der Waals surface area (Å²) in [6, 6.07) is 14.8. The lowest BCUT2D eigenvalue weighted by atomic mass is 10.1. The molecule has 0 spiro atoms. The molecule has 2 amide bonds. The lowest BCUT2D eigenvalue weighted by Gasteiger charge is -2.12. The highest BCUT2D eigenvalue weighted by atomic mass is 32.1. The minimum absolute atomic E-state index is 0.202. The van der Waals surface area contributed by atoms with Crippen molar-refractivity contribution in [2.45, 2.75) is 26.2 Å². The third kappa shape index (κ3) is 4.93. The van der Waals surface area contributed by atoms with Crippen LogP contribution in [0.3, 0.4) is 0 Å². The van der Waals surface area contributed by atoms with Gasteiger partial charge in [-0.15, -0.1) is 11.3 Å². The van der Waals surface area contributed by atoms with Crippen molar-refractivity contribution in [2.24, 2.45) is 5.10 Å². The van der Waals surface area contributed by atoms with Gasteiger partial charge < -0.3 is 0 Å². The van der Waals surface area contributed by atoms with E-state index in [1.54, 1.807) is 30.5 Å². The SMILES string of the molecule is Cc1csc(NN=Cc2ccccc2C#CCCCCN2C(=O)c3ccccc3C2=O)n1. The maximum atomic E-state index is 12.4. The molecular weight excluding hydrogens is 420 g/mol. The first kappa shape index (κ1) is 21.5. The number of thiazole rings is 1. The quantitative estimate of drug-likeness (QED) is 0.189. The maximum Gasteiger partial charge on any atom is 0.261 e. The minimum Gasteiger partial charge on any atom is -0.274 e. The van der Waals surface area contributed by atoms with E-state index in [0.717, 1.165) is 34.8 Å². The molecule has 0 unspecified atom stereocenters. The number of hydrogen-bond donors (Lipinski definition) is 1. The summed E-state index contributed by atoms with van der Waals surface area (Å²) in [6.45, 7) is 2.36. The topological polar surface area (TPSA) is 74.7 Å². The van der Waals surface area contributed by atoms with Gasteiger partial charge in [0.25, 0.3) is 11.8 Å². The van der Waals surface area contributed by atoms with E-state index in [-0.39, 0.29) is 11.8 Å². The summed E-state index contributed by atoms with van der Waals surface area (Å²) in [5.41, 5.74) is 6.71. The maximum absolute atomic E-state index is 12.4. The predicted octanol–water partition coefficient (Wildman–Crippen LogP) is 4.72. The molecule has 2 heterocycles. The van der Waals surface area contributed by atoms with Gasteiger partial charge in [0.15, 0.2) is 0 Å². The molecule has 0 radical (unpaired) electrons. The van der Waals surface area contributed by atoms with Gasteiger partial charge in [-0.2, -0.15) is 5.10 Å². The number of hydrogen-bond acceptors (Lipinski definition) is 6. The largest absolute Gasteiger partial charge is 0.274 e. The Morgan fingerprint density at radius 1 is 1.06 bits per heavy atom. The number of benzene rings is 2. The van der Waals surface area contributed by atoms with Crippen LogP contribution in [-0.4, -0.2) is 34.5 Å². The molecule has 3 aromatic rings. The summed E-state index contributed by atoms with van der Waals surface area (Å²) >= 11 is 1.51. The van der Waals surface area contributed by atoms with E-state index in [4.69, 9.17) is 0 Å². The fourth-order valence-corrected chi connectivity index (χ4v) is 4.01. The number of anilines is 1. The van der Waals surface area contributed by atoms with Gasteiger partial charge in [-0.05, 0) is 38.0 Å². The zero-order chi connectivity index (χ0) is 22.3. The lowest BCUT2D eigenvalue weighted by molar-refractivity contribution is 0.0652. The number of aryl methyl sites for hydroxylation is 1. The molecule has 0 atom stereocenters. The van der Waals surface area contributed by atoms with Crippen molar-refractivity contribution in [1.82, 2.24) is 9.88 Å². The summed E-state index contributed by atoms with van der Waals surface area (Å²) in [5.74, 6) is 5.98. The number of nitrogens with one attached hydrogen (secondary N) is 1. The Labute approximate surface area is 191 Å². The summed E-state index contributed by atoms with van der Waals surface area (Å²) < 4.78 is 0. The average Bonchev–Trinajstić information content (AvgIpc) is 3.33. The van der Waals surface area contributed by atoms with Gasteiger partial charge >= 0.3 is 0 Å². The Morgan fingerprint density at radius 2 is 1.78 bits per heavy atom. The average molecular weight is 443 g/mol. The van der Waals surface area contributed by atoms with E-state index in [2.05, 4.69) is 27.4 Å². The number of amides is 2. The lowest BCUT2D eigenvalue weighted by Crippen LogP contribution is -2.30. The Bertz CT molecular complexity index is 1200. The minimum atomic E-state index is -0.202. The van der Waals surface area contributed by atoms with Crippen LogP contribution in [0.5, 0.6) is 0 Å². The van der Waals surface area contributed by atoms with Crippen molar-refractivity contribution in [1.29, 1.82) is 0 Å². The summed E-state index contributed by atoms with van der Waals surface area (Å²) in [6.07, 6.45) is 3.95. The second kappa shape index (κ2) is 10.0. The number of carbonyl (C=O) groups excluding carboxylic acids is 2. The van der Waals surface area contributed by atoms with E-state index in [1.807, 2.05) is 36.6 Å². The van der Waals surface area contributed by atoms with Crippen LogP contribution in [0, 0.1) is 18.8 Å². The van der Waals surface area contributed by atoms with Crippen LogP contribution >= 0.6 is 11.3 Å². The highest BCUT2D eigenvalue weighted by Gasteiger charge is 2.34. The zero-order valence-electron chi connectivity index (χ0n) is 17.7. The third-order valence-corrected chi connectivity index (χ3v) is 5.84. The molecule has 1 aliphatic heterocycles. The fraction of sp³-hybridized carbons (Fsp3) is 0.200. The highest BCUT2D eigenvalue weighted by Crippen LogP contribution is 2.22. The molecule has 2 aromatic carbocycles. The zero-order valence-corrected chi connectivity index (χ0v) is 18.5. The molecule has 32 heavy (non-hydrogen) atoms. The monoisotopic (exact) mass is 442 g/mol. The van der Waals surface area contributed by atoms with Crippen LogP contribution in [-0.2, 0) is 0 Å². The number of fused-ring (bicyclic) bond motifs is 1. The van der Waals surface area contributed by atoms with Gasteiger partial charge in [-0.1, -0.05) is 42.2 Å². The second-order valence-corrected chi connectivity index (χ2v) is 8.18. The molecule has 4 rings (SSSR count). The smallest absolute Gasteiger partial charge is 0.261 e. The van der Waals surface area contributed by atoms with Gasteiger partial charge in [-0.25, -0.2) is 4.98 Å². The van der Waals surface area contributed by atoms with Gasteiger partial charge in [0.2, 0.25) is 5.13 Å². The van der Waals surface area contributed by atoms with E-state index in [0.29, 0.717) is 24.1 Å². The number of carbonyl (C=O) groups is 2. The molecule has 0 bridgehead atoms. The molecule has 1 N–H and O–H groups in total. The molecule has 0 aliphatic carbocycles. The highest BCUT2D eigenvalue weighted by molar-refractivity contribution is 7.13. The van der Waals surface area contributed by atoms with Gasteiger partial charge in [0.1, 0.15) is 0 Å². The fourth-order valence-electron chi connectivity index (χ4n) is 3.37. The first-order valence-corrected chi connectivity index (χ1v) is 11.3. The summed E-state index contributed by atoms with van der Waals surface area (Å²) in [5, 5.41) is 6.97. The number of unbranched alkanes of at least 4 members (excludes halogenated alkanes) is 2. The van der Waals surface area contributed by atoms with Crippen LogP contribution in [0.4, 0.5) is 5.13 Å². The van der Waals surface area contributed by atoms with Crippen molar-refractivity contribution in [3.8, 4) is 11.8 Å². The van der Waals surface area contributed by atoms with Crippen molar-refractivity contribution < 1.29 is 9.59 Å². The first-order chi connectivity index (χ1) is 15.6. The van der Waals surface area contributed by atoms with Crippen molar-refractivity contribution in [3.63, 3.8) is 0 Å². The third-order valence-electron chi connectivity index (χ3n) is 4.98. The number of imide groups is 1. The number of hydrazone groups is 1. The van der Waals surface area contributed by atoms with E-state index in [9.17, 15) is 9.59 Å². The molecule has 1 aliphatic rings. The summed E-state index contributed by atoms with van der Waals surface area (Å²) in [4.78, 5) is 30.4. The Hall–Kier alpha value is -3.76. The number of rotatable bonds is 7. The van der Waals surface area contributed by atoms with Crippen molar-refractivity contribution in [3.05, 3.63) is 81.9 Å². The number of aromatic nitrogens is 1. The molecule has 0 saturated carbocycles. The Kier molecular flexibility index (Phi) is 6.73. The standard InChI is InChI=1S/C25H22N4O2S/c1-18-17-32-25(27-18)28-26-16-20-12-6-5-11-19(20)10-4-2-3-9-15-29-23(30)21-13-7-8-14-22(21)24(29)31/h5-8,11-14,16-17H,2-3,9,15H2,1H3,(H,27,28). The van der Waals surface area contributed by atoms with Gasteiger partial charge in [0.05, 0.1) is 23.0 Å². The van der Waals surface area contributed by atoms with Crippen LogP contribution < -0.4 is 5.43 Å². The van der Waals surface area contributed by atoms with E-state index in [1.165, 1.54) is 16.2 Å². The van der Waals surface area contributed by atoms with Crippen LogP contribution in [0.15, 0.2) is 59.0 Å². The Morgan fingerprint density at radius 3 is 2.50 bits per heavy atom. The summed E-state index contributed by atoms with van der Waals surface area (Å²) in [7, 11) is 0. The van der Waals surface area contributed by atoms with Crippen LogP contribution in [0.2, 0.25) is 0 Å². The van der Waals surface area contributed by atoms with Gasteiger partial charge in [0, 0.05) is 29.5 Å². The molecule has 7 heteroatoms. The predicted molar refractivity (Wildman–Crippen MR) is 127 cm³/mol. The van der Waals surface area contributed by atoms with Crippen molar-refractivity contribution in [2.75, 3.05) is 12.0 Å². The molecule has 160 valence electrons. The first-order valence-electron chi connectivity index (χ1n) is 10.4. The van der Waals surface area contributed by atoms with Crippen LogP contribution in [0.25, 0.3) is 0 Å². The van der Waals surface area contributed by atoms with Gasteiger partial charge in [-0.3, -0.25) is 19.9 Å². The molecule has 1 aromatic heterocycles. The molecular formula is C25H22N4O2S. The molecule has 0 saturated heterocycles. The number of nitrogens with zero attached hydrogens (tertiary/aromatic N) is 3. The van der Waals surface area contributed by atoms with E-state index >= 15 is 0 Å². The van der Waals surface area contributed by atoms with Crippen LogP contribution in [0.1, 0.15) is 56.8 Å². The molecule has 6 nitrogen and oxygen atoms in total. The van der Waals surface area contributed by atoms with E-state index < -0.39 is 0 Å². The molecule has 0 fully saturated rings. The Balaban J connectivity index is 1.27. The normalized spacial score (nSPS) is 12.7.